The van der Waals surface area contributed by atoms with Gasteiger partial charge in [0.15, 0.2) is 5.82 Å². The number of carbonyl (C=O) groups is 3. The molecule has 3 amide bonds. The van der Waals surface area contributed by atoms with E-state index in [2.05, 4.69) is 47.3 Å². The SMILES string of the molecule is CN(CC1CCC(N=CC(NC(=O)C(=CN)c2nccc(N3C[C@H]4C[C@@H]3CO4)n2)=C(N)C(F)F)CC1)C1CN(c2cccc3c2n(C)c(=O)n3C2CCC(=O)NC2=O)C1. The average molecular weight is 817 g/mol. The summed E-state index contributed by atoms with van der Waals surface area (Å²) < 4.78 is 36.5. The van der Waals surface area contributed by atoms with Gasteiger partial charge in [-0.15, -0.1) is 0 Å². The minimum atomic E-state index is -3.03. The number of piperidine rings is 1. The monoisotopic (exact) mass is 816 g/mol. The van der Waals surface area contributed by atoms with Crippen LogP contribution in [0.25, 0.3) is 16.6 Å². The van der Waals surface area contributed by atoms with Crippen molar-refractivity contribution in [3.05, 3.63) is 64.4 Å². The normalized spacial score (nSPS) is 25.7. The van der Waals surface area contributed by atoms with Gasteiger partial charge >= 0.3 is 5.69 Å². The summed E-state index contributed by atoms with van der Waals surface area (Å²) >= 11 is 0. The number of nitrogens with zero attached hydrogens (tertiary/aromatic N) is 8. The van der Waals surface area contributed by atoms with Crippen LogP contribution in [0.15, 0.2) is 57.8 Å². The predicted molar refractivity (Wildman–Crippen MR) is 217 cm³/mol. The molecule has 4 aliphatic heterocycles. The maximum absolute atomic E-state index is 13.9. The van der Waals surface area contributed by atoms with Crippen molar-refractivity contribution in [3.8, 4) is 0 Å². The van der Waals surface area contributed by atoms with E-state index in [0.29, 0.717) is 36.4 Å². The Morgan fingerprint density at radius 2 is 1.92 bits per heavy atom. The number of rotatable bonds is 12. The van der Waals surface area contributed by atoms with Crippen LogP contribution < -0.4 is 37.6 Å². The van der Waals surface area contributed by atoms with Gasteiger partial charge in [-0.1, -0.05) is 6.07 Å². The van der Waals surface area contributed by atoms with Gasteiger partial charge in [0, 0.05) is 64.3 Å². The van der Waals surface area contributed by atoms with Crippen molar-refractivity contribution in [1.82, 2.24) is 34.6 Å². The Bertz CT molecular complexity index is 2280. The lowest BCUT2D eigenvalue weighted by Crippen LogP contribution is -2.59. The van der Waals surface area contributed by atoms with Gasteiger partial charge in [0.1, 0.15) is 17.6 Å². The van der Waals surface area contributed by atoms with Gasteiger partial charge in [-0.25, -0.2) is 23.5 Å². The highest BCUT2D eigenvalue weighted by molar-refractivity contribution is 6.19. The topological polar surface area (TPSA) is 211 Å². The van der Waals surface area contributed by atoms with Crippen LogP contribution in [0.3, 0.4) is 0 Å². The summed E-state index contributed by atoms with van der Waals surface area (Å²) in [6, 6.07) is 7.09. The van der Waals surface area contributed by atoms with Crippen molar-refractivity contribution in [2.24, 2.45) is 29.4 Å². The molecule has 1 aromatic carbocycles. The van der Waals surface area contributed by atoms with Gasteiger partial charge < -0.3 is 31.3 Å². The van der Waals surface area contributed by atoms with Gasteiger partial charge in [0.2, 0.25) is 11.8 Å². The van der Waals surface area contributed by atoms with E-state index in [1.165, 1.54) is 17.0 Å². The molecule has 59 heavy (non-hydrogen) atoms. The summed E-state index contributed by atoms with van der Waals surface area (Å²) in [5, 5.41) is 4.84. The van der Waals surface area contributed by atoms with Crippen molar-refractivity contribution in [2.45, 2.75) is 81.6 Å². The fraction of sp³-hybridized carbons (Fsp3) is 0.525. The third-order valence-electron chi connectivity index (χ3n) is 12.5. The third kappa shape index (κ3) is 7.92. The Labute approximate surface area is 339 Å². The van der Waals surface area contributed by atoms with E-state index in [9.17, 15) is 28.0 Å². The highest BCUT2D eigenvalue weighted by Gasteiger charge is 2.40. The number of anilines is 2. The first-order valence-electron chi connectivity index (χ1n) is 20.1. The minimum absolute atomic E-state index is 0.0574. The van der Waals surface area contributed by atoms with Gasteiger partial charge in [-0.05, 0) is 69.7 Å². The van der Waals surface area contributed by atoms with Gasteiger partial charge in [-0.3, -0.25) is 38.7 Å². The van der Waals surface area contributed by atoms with Crippen LogP contribution in [-0.4, -0.2) is 118 Å². The van der Waals surface area contributed by atoms with Crippen molar-refractivity contribution < 1.29 is 27.9 Å². The summed E-state index contributed by atoms with van der Waals surface area (Å²) in [6.07, 6.45) is 5.56. The highest BCUT2D eigenvalue weighted by atomic mass is 19.3. The van der Waals surface area contributed by atoms with E-state index >= 15 is 0 Å². The van der Waals surface area contributed by atoms with E-state index in [1.807, 2.05) is 18.2 Å². The third-order valence-corrected chi connectivity index (χ3v) is 12.5. The number of benzene rings is 1. The van der Waals surface area contributed by atoms with E-state index in [-0.39, 0.29) is 59.7 Å². The second-order valence-electron chi connectivity index (χ2n) is 16.2. The number of halogens is 2. The second-order valence-corrected chi connectivity index (χ2v) is 16.2. The van der Waals surface area contributed by atoms with Crippen LogP contribution in [0, 0.1) is 5.92 Å². The van der Waals surface area contributed by atoms with E-state index in [0.717, 1.165) is 69.1 Å². The summed E-state index contributed by atoms with van der Waals surface area (Å²) in [5.74, 6) is -0.467. The quantitative estimate of drug-likeness (QED) is 0.116. The molecule has 8 rings (SSSR count). The lowest BCUT2D eigenvalue weighted by atomic mass is 9.85. The van der Waals surface area contributed by atoms with Crippen LogP contribution in [0.2, 0.25) is 0 Å². The number of aromatic nitrogens is 4. The number of aliphatic imine (C=N–C) groups is 1. The smallest absolute Gasteiger partial charge is 0.329 e. The Hall–Kier alpha value is -5.69. The molecule has 2 bridgehead atoms. The number of morpholine rings is 1. The number of imide groups is 1. The van der Waals surface area contributed by atoms with Crippen LogP contribution in [-0.2, 0) is 26.2 Å². The number of aryl methyl sites for hydroxylation is 1. The second kappa shape index (κ2) is 16.5. The Morgan fingerprint density at radius 3 is 2.59 bits per heavy atom. The summed E-state index contributed by atoms with van der Waals surface area (Å²) in [6.45, 7) is 3.70. The Kier molecular flexibility index (Phi) is 11.2. The molecule has 1 unspecified atom stereocenters. The molecule has 3 aromatic rings. The zero-order chi connectivity index (χ0) is 41.5. The van der Waals surface area contributed by atoms with Crippen molar-refractivity contribution in [2.75, 3.05) is 49.6 Å². The first-order chi connectivity index (χ1) is 28.4. The Morgan fingerprint density at radius 1 is 1.14 bits per heavy atom. The number of hydrogen-bond acceptors (Lipinski definition) is 13. The molecular weight excluding hydrogens is 767 g/mol. The van der Waals surface area contributed by atoms with Crippen LogP contribution in [0.4, 0.5) is 20.3 Å². The molecule has 6 heterocycles. The van der Waals surface area contributed by atoms with Crippen LogP contribution in [0.1, 0.15) is 56.8 Å². The number of para-hydroxylation sites is 1. The van der Waals surface area contributed by atoms with Gasteiger partial charge in [0.25, 0.3) is 12.3 Å². The lowest BCUT2D eigenvalue weighted by Gasteiger charge is -2.46. The number of allylic oxidation sites excluding steroid dienone is 2. The molecule has 19 heteroatoms. The number of hydrogen-bond donors (Lipinski definition) is 4. The number of carbonyl (C=O) groups excluding carboxylic acids is 3. The number of imidazole rings is 1. The maximum Gasteiger partial charge on any atom is 0.329 e. The molecule has 0 radical (unpaired) electrons. The molecule has 2 aromatic heterocycles. The summed E-state index contributed by atoms with van der Waals surface area (Å²) in [4.78, 5) is 71.3. The molecule has 5 fully saturated rings. The zero-order valence-corrected chi connectivity index (χ0v) is 33.1. The maximum atomic E-state index is 13.9. The highest BCUT2D eigenvalue weighted by Crippen LogP contribution is 2.35. The van der Waals surface area contributed by atoms with Gasteiger partial charge in [0.05, 0.1) is 52.8 Å². The molecule has 17 nitrogen and oxygen atoms in total. The molecule has 6 N–H and O–H groups in total. The molecular formula is C40H50F2N12O5. The van der Waals surface area contributed by atoms with Crippen LogP contribution in [0.5, 0.6) is 0 Å². The molecule has 4 saturated heterocycles. The zero-order valence-electron chi connectivity index (χ0n) is 33.1. The number of ether oxygens (including phenoxy) is 1. The van der Waals surface area contributed by atoms with Gasteiger partial charge in [-0.2, -0.15) is 0 Å². The van der Waals surface area contributed by atoms with Crippen molar-refractivity contribution >= 4 is 52.0 Å². The number of alkyl halides is 2. The number of fused-ring (bicyclic) bond motifs is 3. The molecule has 314 valence electrons. The van der Waals surface area contributed by atoms with E-state index < -0.39 is 30.0 Å². The minimum Gasteiger partial charge on any atom is -0.404 e. The average Bonchev–Trinajstić information content (AvgIpc) is 3.91. The predicted octanol–water partition coefficient (Wildman–Crippen LogP) is 1.39. The molecule has 1 aliphatic carbocycles. The van der Waals surface area contributed by atoms with Crippen molar-refractivity contribution in [1.29, 1.82) is 0 Å². The number of nitrogens with two attached hydrogens (primary N) is 2. The number of nitrogens with one attached hydrogen (secondary N) is 2. The Balaban J connectivity index is 0.847. The summed E-state index contributed by atoms with van der Waals surface area (Å²) in [5.41, 5.74) is 12.5. The fourth-order valence-corrected chi connectivity index (χ4v) is 9.10. The summed E-state index contributed by atoms with van der Waals surface area (Å²) in [7, 11) is 3.83. The van der Waals surface area contributed by atoms with Crippen LogP contribution >= 0.6 is 0 Å². The van der Waals surface area contributed by atoms with Crippen molar-refractivity contribution in [3.63, 3.8) is 0 Å². The first-order valence-corrected chi connectivity index (χ1v) is 20.1. The first kappa shape index (κ1) is 40.1. The molecule has 5 aliphatic rings. The van der Waals surface area contributed by atoms with E-state index in [4.69, 9.17) is 16.2 Å². The molecule has 3 atom stereocenters. The molecule has 1 saturated carbocycles. The largest absolute Gasteiger partial charge is 0.404 e. The molecule has 0 spiro atoms. The number of amides is 3. The number of likely N-dealkylation sites (N-methyl/N-ethyl adjacent to an activating group) is 1. The standard InChI is InChI=1S/C40H50F2N12O5/c1-50(25-18-52(19-25)29-4-3-5-30-35(29)51(2)40(58)54(30)31-10-11-33(55)49-39(31)57)17-22-6-8-23(9-7-22)46-16-28(34(44)36(41)42)47-38(56)27(15-43)37-45-13-12-32(48-37)53-20-26-14-24(53)21-59-26/h3-5,12-13,15-16,22-26,31,36H,6-11,14,17-21,43-44H2,1-2H3,(H,47,56)(H,49,55,57)/t22?,23?,24-,26-,31?/m1/s1. The fourth-order valence-electron chi connectivity index (χ4n) is 9.10. The van der Waals surface area contributed by atoms with E-state index in [1.54, 1.807) is 17.7 Å². The lowest BCUT2D eigenvalue weighted by molar-refractivity contribution is -0.135.